The molecule has 0 heterocycles. The number of benzene rings is 1. The Labute approximate surface area is 121 Å². The van der Waals surface area contributed by atoms with E-state index >= 15 is 0 Å². The summed E-state index contributed by atoms with van der Waals surface area (Å²) < 4.78 is 5.00. The van der Waals surface area contributed by atoms with Gasteiger partial charge in [0.25, 0.3) is 0 Å². The molecule has 0 aromatic heterocycles. The largest absolute Gasteiger partial charge is 0.383 e. The fourth-order valence-electron chi connectivity index (χ4n) is 2.31. The predicted molar refractivity (Wildman–Crippen MR) is 80.7 cm³/mol. The van der Waals surface area contributed by atoms with Gasteiger partial charge in [0.2, 0.25) is 0 Å². The third-order valence-electron chi connectivity index (χ3n) is 3.63. The highest BCUT2D eigenvalue weighted by Gasteiger charge is 2.23. The van der Waals surface area contributed by atoms with Gasteiger partial charge in [-0.1, -0.05) is 6.07 Å². The second kappa shape index (κ2) is 7.28. The summed E-state index contributed by atoms with van der Waals surface area (Å²) in [5.74, 6) is 0.821. The van der Waals surface area contributed by atoms with E-state index in [1.807, 2.05) is 6.07 Å². The Balaban J connectivity index is 1.97. The summed E-state index contributed by atoms with van der Waals surface area (Å²) in [4.78, 5) is 2.21. The van der Waals surface area contributed by atoms with E-state index in [0.717, 1.165) is 42.4 Å². The molecule has 0 amide bonds. The van der Waals surface area contributed by atoms with Crippen LogP contribution in [0.15, 0.2) is 18.2 Å². The topological polar surface area (TPSA) is 48.3 Å². The number of hydrogen-bond donors (Lipinski definition) is 1. The van der Waals surface area contributed by atoms with Gasteiger partial charge in [0.1, 0.15) is 6.07 Å². The van der Waals surface area contributed by atoms with Crippen molar-refractivity contribution in [2.75, 3.05) is 38.8 Å². The Morgan fingerprint density at radius 2 is 2.25 bits per heavy atom. The van der Waals surface area contributed by atoms with E-state index in [1.54, 1.807) is 7.11 Å². The van der Waals surface area contributed by atoms with Crippen LogP contribution in [0, 0.1) is 17.2 Å². The molecule has 20 heavy (non-hydrogen) atoms. The fraction of sp³-hybridized carbons (Fsp3) is 0.562. The maximum atomic E-state index is 9.33. The van der Waals surface area contributed by atoms with Crippen molar-refractivity contribution in [2.24, 2.45) is 5.92 Å². The van der Waals surface area contributed by atoms with Crippen molar-refractivity contribution in [3.05, 3.63) is 29.3 Å². The highest BCUT2D eigenvalue weighted by atomic mass is 16.5. The first-order chi connectivity index (χ1) is 9.74. The molecular weight excluding hydrogens is 250 g/mol. The normalized spacial score (nSPS) is 14.1. The van der Waals surface area contributed by atoms with Crippen molar-refractivity contribution in [2.45, 2.75) is 19.4 Å². The second-order valence-corrected chi connectivity index (χ2v) is 5.46. The minimum atomic E-state index is 0.702. The average molecular weight is 273 g/mol. The van der Waals surface area contributed by atoms with Crippen LogP contribution in [0.3, 0.4) is 0 Å². The van der Waals surface area contributed by atoms with Crippen LogP contribution in [0.1, 0.15) is 24.0 Å². The van der Waals surface area contributed by atoms with Gasteiger partial charge in [0.05, 0.1) is 17.9 Å². The van der Waals surface area contributed by atoms with Crippen LogP contribution < -0.4 is 10.2 Å². The highest BCUT2D eigenvalue weighted by Crippen LogP contribution is 2.31. The minimum Gasteiger partial charge on any atom is -0.383 e. The second-order valence-electron chi connectivity index (χ2n) is 5.46. The van der Waals surface area contributed by atoms with Crippen molar-refractivity contribution in [3.8, 4) is 6.07 Å². The zero-order valence-electron chi connectivity index (χ0n) is 12.4. The Morgan fingerprint density at radius 3 is 2.90 bits per heavy atom. The molecular formula is C16H23N3O. The van der Waals surface area contributed by atoms with Gasteiger partial charge in [-0.3, -0.25) is 0 Å². The van der Waals surface area contributed by atoms with Crippen molar-refractivity contribution in [1.29, 1.82) is 5.26 Å². The number of anilines is 1. The van der Waals surface area contributed by atoms with Crippen LogP contribution >= 0.6 is 0 Å². The van der Waals surface area contributed by atoms with Gasteiger partial charge in [-0.15, -0.1) is 0 Å². The number of rotatable bonds is 8. The molecule has 0 atom stereocenters. The summed E-state index contributed by atoms with van der Waals surface area (Å²) in [6, 6.07) is 8.46. The Hall–Kier alpha value is -1.57. The SMILES string of the molecule is COCCNCc1ccc(N(C)CC2CC2)c(C#N)c1. The number of nitrogens with one attached hydrogen (secondary N) is 1. The van der Waals surface area contributed by atoms with E-state index in [-0.39, 0.29) is 0 Å². The van der Waals surface area contributed by atoms with Gasteiger partial charge >= 0.3 is 0 Å². The first kappa shape index (κ1) is 14.8. The van der Waals surface area contributed by atoms with E-state index < -0.39 is 0 Å². The molecule has 0 bridgehead atoms. The molecule has 4 heteroatoms. The Bertz CT molecular complexity index is 477. The van der Waals surface area contributed by atoms with Crippen molar-refractivity contribution in [1.82, 2.24) is 5.32 Å². The summed E-state index contributed by atoms with van der Waals surface area (Å²) in [7, 11) is 3.77. The zero-order valence-corrected chi connectivity index (χ0v) is 12.4. The summed E-state index contributed by atoms with van der Waals surface area (Å²) >= 11 is 0. The van der Waals surface area contributed by atoms with Crippen LogP contribution in [0.4, 0.5) is 5.69 Å². The predicted octanol–water partition coefficient (Wildman–Crippen LogP) is 2.14. The molecule has 1 aliphatic carbocycles. The molecule has 1 aromatic carbocycles. The molecule has 1 aliphatic rings. The Kier molecular flexibility index (Phi) is 5.40. The third-order valence-corrected chi connectivity index (χ3v) is 3.63. The minimum absolute atomic E-state index is 0.702. The van der Waals surface area contributed by atoms with Crippen LogP contribution in [0.25, 0.3) is 0 Å². The number of ether oxygens (including phenoxy) is 1. The van der Waals surface area contributed by atoms with Crippen LogP contribution in [-0.2, 0) is 11.3 Å². The van der Waals surface area contributed by atoms with Gasteiger partial charge in [0.15, 0.2) is 0 Å². The standard InChI is InChI=1S/C16H23N3O/c1-19(12-13-3-4-13)16-6-5-14(9-15(16)10-17)11-18-7-8-20-2/h5-6,9,13,18H,3-4,7-8,11-12H2,1-2H3. The lowest BCUT2D eigenvalue weighted by Gasteiger charge is -2.20. The van der Waals surface area contributed by atoms with E-state index in [1.165, 1.54) is 12.8 Å². The number of nitriles is 1. The molecule has 4 nitrogen and oxygen atoms in total. The van der Waals surface area contributed by atoms with E-state index in [4.69, 9.17) is 4.74 Å². The summed E-state index contributed by atoms with van der Waals surface area (Å²) in [6.45, 7) is 3.35. The van der Waals surface area contributed by atoms with Crippen molar-refractivity contribution < 1.29 is 4.74 Å². The maximum absolute atomic E-state index is 9.33. The molecule has 0 unspecified atom stereocenters. The smallest absolute Gasteiger partial charge is 0.101 e. The molecule has 0 spiro atoms. The molecule has 1 N–H and O–H groups in total. The molecule has 0 aliphatic heterocycles. The lowest BCUT2D eigenvalue weighted by atomic mass is 10.1. The molecule has 2 rings (SSSR count). The fourth-order valence-corrected chi connectivity index (χ4v) is 2.31. The Morgan fingerprint density at radius 1 is 1.45 bits per heavy atom. The number of methoxy groups -OCH3 is 1. The molecule has 1 fully saturated rings. The molecule has 1 aromatic rings. The van der Waals surface area contributed by atoms with E-state index in [0.29, 0.717) is 6.61 Å². The van der Waals surface area contributed by atoms with Gasteiger partial charge in [-0.2, -0.15) is 5.26 Å². The summed E-state index contributed by atoms with van der Waals surface area (Å²) in [5.41, 5.74) is 2.94. The lowest BCUT2D eigenvalue weighted by molar-refractivity contribution is 0.199. The number of nitrogens with zero attached hydrogens (tertiary/aromatic N) is 2. The molecule has 0 saturated heterocycles. The van der Waals surface area contributed by atoms with Crippen LogP contribution in [-0.4, -0.2) is 33.9 Å². The van der Waals surface area contributed by atoms with Gasteiger partial charge in [-0.05, 0) is 36.5 Å². The lowest BCUT2D eigenvalue weighted by Crippen LogP contribution is -2.21. The third kappa shape index (κ3) is 4.22. The van der Waals surface area contributed by atoms with Gasteiger partial charge in [-0.25, -0.2) is 0 Å². The molecule has 0 radical (unpaired) electrons. The first-order valence-corrected chi connectivity index (χ1v) is 7.18. The van der Waals surface area contributed by atoms with Gasteiger partial charge in [0, 0.05) is 33.8 Å². The van der Waals surface area contributed by atoms with Crippen molar-refractivity contribution in [3.63, 3.8) is 0 Å². The van der Waals surface area contributed by atoms with E-state index in [2.05, 4.69) is 35.5 Å². The van der Waals surface area contributed by atoms with Crippen LogP contribution in [0.5, 0.6) is 0 Å². The maximum Gasteiger partial charge on any atom is 0.101 e. The average Bonchev–Trinajstić information content (AvgIpc) is 3.27. The molecule has 1 saturated carbocycles. The van der Waals surface area contributed by atoms with Crippen molar-refractivity contribution >= 4 is 5.69 Å². The monoisotopic (exact) mass is 273 g/mol. The van der Waals surface area contributed by atoms with Crippen LogP contribution in [0.2, 0.25) is 0 Å². The summed E-state index contributed by atoms with van der Waals surface area (Å²) in [6.07, 6.45) is 2.65. The van der Waals surface area contributed by atoms with E-state index in [9.17, 15) is 5.26 Å². The number of hydrogen-bond acceptors (Lipinski definition) is 4. The summed E-state index contributed by atoms with van der Waals surface area (Å²) in [5, 5.41) is 12.6. The highest BCUT2D eigenvalue weighted by molar-refractivity contribution is 5.60. The van der Waals surface area contributed by atoms with Gasteiger partial charge < -0.3 is 15.0 Å². The quantitative estimate of drug-likeness (QED) is 0.737. The zero-order chi connectivity index (χ0) is 14.4. The molecule has 108 valence electrons. The first-order valence-electron chi connectivity index (χ1n) is 7.18.